The van der Waals surface area contributed by atoms with E-state index in [0.29, 0.717) is 51.3 Å². The lowest BCUT2D eigenvalue weighted by Gasteiger charge is -2.29. The molecular weight excluding hydrogens is 430 g/mol. The number of hydrogen-bond donors (Lipinski definition) is 1. The highest BCUT2D eigenvalue weighted by Gasteiger charge is 2.29. The first kappa shape index (κ1) is 23.0. The van der Waals surface area contributed by atoms with E-state index in [1.807, 2.05) is 0 Å². The van der Waals surface area contributed by atoms with Crippen molar-refractivity contribution < 1.29 is 26.4 Å². The van der Waals surface area contributed by atoms with E-state index in [1.54, 1.807) is 12.1 Å². The second kappa shape index (κ2) is 9.63. The fourth-order valence-corrected chi connectivity index (χ4v) is 6.11. The van der Waals surface area contributed by atoms with Crippen molar-refractivity contribution in [3.63, 3.8) is 0 Å². The molecule has 1 amide bonds. The number of nitrogens with zero attached hydrogens (tertiary/aromatic N) is 2. The quantitative estimate of drug-likeness (QED) is 0.571. The number of nitrogens with one attached hydrogen (secondary N) is 1. The second-order valence-corrected chi connectivity index (χ2v) is 11.6. The van der Waals surface area contributed by atoms with Crippen LogP contribution >= 0.6 is 0 Å². The Balaban J connectivity index is 1.40. The average Bonchev–Trinajstić information content (AvgIpc) is 3.27. The van der Waals surface area contributed by atoms with Crippen LogP contribution in [0.1, 0.15) is 25.7 Å². The first-order chi connectivity index (χ1) is 14.2. The summed E-state index contributed by atoms with van der Waals surface area (Å²) in [6, 6.07) is 6.31. The zero-order valence-corrected chi connectivity index (χ0v) is 18.8. The Kier molecular flexibility index (Phi) is 7.38. The number of piperidine rings is 1. The van der Waals surface area contributed by atoms with Gasteiger partial charge in [-0.1, -0.05) is 0 Å². The number of hydrogen-bond acceptors (Lipinski definition) is 6. The van der Waals surface area contributed by atoms with Crippen LogP contribution in [0.3, 0.4) is 0 Å². The van der Waals surface area contributed by atoms with Crippen molar-refractivity contribution in [1.29, 1.82) is 0 Å². The lowest BCUT2D eigenvalue weighted by Crippen LogP contribution is -2.43. The van der Waals surface area contributed by atoms with Gasteiger partial charge < -0.3 is 10.1 Å². The molecule has 2 heterocycles. The third-order valence-corrected chi connectivity index (χ3v) is 8.71. The predicted molar refractivity (Wildman–Crippen MR) is 112 cm³/mol. The van der Waals surface area contributed by atoms with Gasteiger partial charge in [-0.2, -0.15) is 4.31 Å². The molecule has 168 valence electrons. The minimum atomic E-state index is -3.44. The first-order valence-electron chi connectivity index (χ1n) is 10.1. The largest absolute Gasteiger partial charge is 0.492 e. The molecule has 11 heteroatoms. The van der Waals surface area contributed by atoms with Crippen LogP contribution in [0.2, 0.25) is 0 Å². The Morgan fingerprint density at radius 3 is 2.17 bits per heavy atom. The molecule has 2 aliphatic heterocycles. The number of ether oxygens (including phenoxy) is 1. The van der Waals surface area contributed by atoms with Crippen LogP contribution in [0.15, 0.2) is 29.2 Å². The Labute approximate surface area is 178 Å². The number of rotatable bonds is 8. The maximum absolute atomic E-state index is 12.5. The summed E-state index contributed by atoms with van der Waals surface area (Å²) in [5, 5.41) is 2.81. The van der Waals surface area contributed by atoms with Crippen LogP contribution in [-0.2, 0) is 24.8 Å². The summed E-state index contributed by atoms with van der Waals surface area (Å²) in [7, 11) is -6.64. The van der Waals surface area contributed by atoms with Gasteiger partial charge in [-0.15, -0.1) is 0 Å². The van der Waals surface area contributed by atoms with Gasteiger partial charge in [0.1, 0.15) is 12.4 Å². The zero-order chi connectivity index (χ0) is 21.8. The fourth-order valence-electron chi connectivity index (χ4n) is 3.72. The lowest BCUT2D eigenvalue weighted by molar-refractivity contribution is -0.126. The molecule has 0 spiro atoms. The van der Waals surface area contributed by atoms with Crippen molar-refractivity contribution in [3.05, 3.63) is 24.3 Å². The molecule has 1 aromatic rings. The zero-order valence-electron chi connectivity index (χ0n) is 17.1. The van der Waals surface area contributed by atoms with Gasteiger partial charge >= 0.3 is 0 Å². The highest BCUT2D eigenvalue weighted by molar-refractivity contribution is 7.89. The molecule has 0 aromatic heterocycles. The minimum Gasteiger partial charge on any atom is -0.492 e. The van der Waals surface area contributed by atoms with E-state index < -0.39 is 20.0 Å². The highest BCUT2D eigenvalue weighted by atomic mass is 32.2. The van der Waals surface area contributed by atoms with Crippen molar-refractivity contribution in [2.45, 2.75) is 30.6 Å². The number of benzene rings is 1. The van der Waals surface area contributed by atoms with E-state index in [-0.39, 0.29) is 23.3 Å². The van der Waals surface area contributed by atoms with E-state index in [0.717, 1.165) is 12.8 Å². The van der Waals surface area contributed by atoms with Crippen LogP contribution in [0, 0.1) is 5.92 Å². The molecule has 0 saturated carbocycles. The molecular formula is C19H29N3O6S2. The van der Waals surface area contributed by atoms with Gasteiger partial charge in [-0.3, -0.25) is 4.79 Å². The first-order valence-corrected chi connectivity index (χ1v) is 13.4. The van der Waals surface area contributed by atoms with Gasteiger partial charge in [0, 0.05) is 32.1 Å². The summed E-state index contributed by atoms with van der Waals surface area (Å²) >= 11 is 0. The van der Waals surface area contributed by atoms with Crippen molar-refractivity contribution >= 4 is 26.0 Å². The van der Waals surface area contributed by atoms with E-state index in [1.165, 1.54) is 27.0 Å². The molecule has 1 N–H and O–H groups in total. The Morgan fingerprint density at radius 2 is 1.60 bits per heavy atom. The summed E-state index contributed by atoms with van der Waals surface area (Å²) < 4.78 is 56.5. The van der Waals surface area contributed by atoms with E-state index in [9.17, 15) is 21.6 Å². The number of sulfonamides is 2. The Bertz CT molecular complexity index is 933. The maximum Gasteiger partial charge on any atom is 0.243 e. The smallest absolute Gasteiger partial charge is 0.243 e. The van der Waals surface area contributed by atoms with Gasteiger partial charge in [-0.25, -0.2) is 21.1 Å². The molecule has 2 fully saturated rings. The van der Waals surface area contributed by atoms with Crippen LogP contribution in [0.5, 0.6) is 5.75 Å². The standard InChI is InChI=1S/C19H29N3O6S2/c1-29(24,25)21-13-8-16(9-14-21)19(23)20-10-15-28-17-4-6-18(7-5-17)30(26,27)22-11-2-3-12-22/h4-7,16H,2-3,8-15H2,1H3,(H,20,23). The van der Waals surface area contributed by atoms with Gasteiger partial charge in [-0.05, 0) is 49.9 Å². The topological polar surface area (TPSA) is 113 Å². The molecule has 0 atom stereocenters. The summed E-state index contributed by atoms with van der Waals surface area (Å²) in [6.07, 6.45) is 3.98. The molecule has 1 aromatic carbocycles. The van der Waals surface area contributed by atoms with Crippen molar-refractivity contribution in [1.82, 2.24) is 13.9 Å². The number of carbonyl (C=O) groups is 1. The van der Waals surface area contributed by atoms with Crippen molar-refractivity contribution in [3.8, 4) is 5.75 Å². The summed E-state index contributed by atoms with van der Waals surface area (Å²) in [5.41, 5.74) is 0. The fraction of sp³-hybridized carbons (Fsp3) is 0.632. The van der Waals surface area contributed by atoms with E-state index >= 15 is 0 Å². The third-order valence-electron chi connectivity index (χ3n) is 5.49. The normalized spacial score (nSPS) is 19.6. The van der Waals surface area contributed by atoms with Crippen molar-refractivity contribution in [2.75, 3.05) is 45.6 Å². The third kappa shape index (κ3) is 5.71. The summed E-state index contributed by atoms with van der Waals surface area (Å²) in [6.45, 7) is 2.42. The summed E-state index contributed by atoms with van der Waals surface area (Å²) in [5.74, 6) is 0.239. The SMILES string of the molecule is CS(=O)(=O)N1CCC(C(=O)NCCOc2ccc(S(=O)(=O)N3CCCC3)cc2)CC1. The molecule has 3 rings (SSSR count). The lowest BCUT2D eigenvalue weighted by atomic mass is 9.97. The van der Waals surface area contributed by atoms with Gasteiger partial charge in [0.2, 0.25) is 26.0 Å². The average molecular weight is 460 g/mol. The number of amides is 1. The van der Waals surface area contributed by atoms with E-state index in [2.05, 4.69) is 5.32 Å². The number of carbonyl (C=O) groups excluding carboxylic acids is 1. The highest BCUT2D eigenvalue weighted by Crippen LogP contribution is 2.23. The van der Waals surface area contributed by atoms with Gasteiger partial charge in [0.15, 0.2) is 0 Å². The molecule has 0 aliphatic carbocycles. The van der Waals surface area contributed by atoms with E-state index in [4.69, 9.17) is 4.74 Å². The van der Waals surface area contributed by atoms with Gasteiger partial charge in [0.25, 0.3) is 0 Å². The minimum absolute atomic E-state index is 0.0983. The molecule has 0 bridgehead atoms. The molecule has 30 heavy (non-hydrogen) atoms. The molecule has 0 unspecified atom stereocenters. The van der Waals surface area contributed by atoms with Crippen LogP contribution in [0.25, 0.3) is 0 Å². The monoisotopic (exact) mass is 459 g/mol. The predicted octanol–water partition coefficient (Wildman–Crippen LogP) is 0.638. The van der Waals surface area contributed by atoms with Crippen molar-refractivity contribution in [2.24, 2.45) is 5.92 Å². The molecule has 2 saturated heterocycles. The van der Waals surface area contributed by atoms with Crippen LogP contribution in [-0.4, -0.2) is 76.9 Å². The van der Waals surface area contributed by atoms with Crippen LogP contribution < -0.4 is 10.1 Å². The molecule has 0 radical (unpaired) electrons. The second-order valence-electron chi connectivity index (χ2n) is 7.66. The summed E-state index contributed by atoms with van der Waals surface area (Å²) in [4.78, 5) is 12.5. The van der Waals surface area contributed by atoms with Gasteiger partial charge in [0.05, 0.1) is 17.7 Å². The Morgan fingerprint density at radius 1 is 1.00 bits per heavy atom. The molecule has 2 aliphatic rings. The maximum atomic E-state index is 12.5. The van der Waals surface area contributed by atoms with Crippen LogP contribution in [0.4, 0.5) is 0 Å². The molecule has 9 nitrogen and oxygen atoms in total. The Hall–Kier alpha value is -1.69.